The maximum atomic E-state index is 12.2. The van der Waals surface area contributed by atoms with Gasteiger partial charge in [-0.3, -0.25) is 9.78 Å². The Morgan fingerprint density at radius 1 is 1.07 bits per heavy atom. The Hall–Kier alpha value is -3.67. The van der Waals surface area contributed by atoms with E-state index in [9.17, 15) is 4.79 Å². The van der Waals surface area contributed by atoms with Crippen molar-refractivity contribution in [2.24, 2.45) is 0 Å². The first-order chi connectivity index (χ1) is 14.7. The molecule has 1 atom stereocenters. The predicted octanol–water partition coefficient (Wildman–Crippen LogP) is 5.24. The first-order valence-corrected chi connectivity index (χ1v) is 10.1. The van der Waals surface area contributed by atoms with Gasteiger partial charge in [-0.15, -0.1) is 0 Å². The lowest BCUT2D eigenvalue weighted by atomic mass is 10.1. The molecule has 2 aromatic carbocycles. The smallest absolute Gasteiger partial charge is 0.182 e. The fourth-order valence-electron chi connectivity index (χ4n) is 3.36. The zero-order chi connectivity index (χ0) is 20.9. The van der Waals surface area contributed by atoms with E-state index in [0.717, 1.165) is 28.7 Å². The van der Waals surface area contributed by atoms with Crippen LogP contribution in [0.5, 0.6) is 0 Å². The van der Waals surface area contributed by atoms with Gasteiger partial charge < -0.3 is 5.32 Å². The highest BCUT2D eigenvalue weighted by atomic mass is 16.1. The second-order valence-corrected chi connectivity index (χ2v) is 7.19. The normalized spacial score (nSPS) is 11.9. The van der Waals surface area contributed by atoms with E-state index in [1.165, 1.54) is 11.8 Å². The van der Waals surface area contributed by atoms with Gasteiger partial charge in [0.2, 0.25) is 0 Å². The van der Waals surface area contributed by atoms with Crippen molar-refractivity contribution in [3.8, 4) is 11.3 Å². The minimum absolute atomic E-state index is 0.00927. The highest BCUT2D eigenvalue weighted by molar-refractivity contribution is 5.95. The zero-order valence-corrected chi connectivity index (χ0v) is 17.0. The zero-order valence-electron chi connectivity index (χ0n) is 17.0. The summed E-state index contributed by atoms with van der Waals surface area (Å²) in [6, 6.07) is 16.2. The van der Waals surface area contributed by atoms with Crippen LogP contribution in [-0.4, -0.2) is 25.7 Å². The molecule has 30 heavy (non-hydrogen) atoms. The number of carbonyl (C=O) groups excluding carboxylic acids is 1. The molecule has 0 radical (unpaired) electrons. The summed E-state index contributed by atoms with van der Waals surface area (Å²) in [6.45, 7) is 4.07. The molecule has 0 amide bonds. The molecule has 0 aliphatic carbocycles. The largest absolute Gasteiger partial charge is 0.363 e. The van der Waals surface area contributed by atoms with Crippen molar-refractivity contribution in [3.63, 3.8) is 0 Å². The summed E-state index contributed by atoms with van der Waals surface area (Å²) in [6.07, 6.45) is 6.02. The highest BCUT2D eigenvalue weighted by Crippen LogP contribution is 2.28. The van der Waals surface area contributed by atoms with Crippen LogP contribution in [0.2, 0.25) is 0 Å². The molecule has 150 valence electrons. The van der Waals surface area contributed by atoms with Crippen LogP contribution in [0.3, 0.4) is 0 Å². The Balaban J connectivity index is 1.70. The van der Waals surface area contributed by atoms with Gasteiger partial charge in [-0.05, 0) is 31.0 Å². The van der Waals surface area contributed by atoms with E-state index in [1.807, 2.05) is 43.3 Å². The first-order valence-electron chi connectivity index (χ1n) is 10.1. The molecule has 0 aliphatic rings. The van der Waals surface area contributed by atoms with Gasteiger partial charge in [0, 0.05) is 23.4 Å². The summed E-state index contributed by atoms with van der Waals surface area (Å²) in [4.78, 5) is 29.8. The number of ketones is 1. The lowest BCUT2D eigenvalue weighted by molar-refractivity contribution is 0.0976. The van der Waals surface area contributed by atoms with E-state index in [-0.39, 0.29) is 11.8 Å². The third kappa shape index (κ3) is 4.17. The van der Waals surface area contributed by atoms with Crippen LogP contribution >= 0.6 is 0 Å². The van der Waals surface area contributed by atoms with Crippen LogP contribution in [0.4, 0.5) is 5.82 Å². The van der Waals surface area contributed by atoms with Gasteiger partial charge in [-0.1, -0.05) is 43.3 Å². The van der Waals surface area contributed by atoms with Gasteiger partial charge >= 0.3 is 0 Å². The highest BCUT2D eigenvalue weighted by Gasteiger charge is 2.13. The number of rotatable bonds is 7. The fraction of sp³-hybridized carbons (Fsp3) is 0.208. The number of hydrogen-bond donors (Lipinski definition) is 1. The lowest BCUT2D eigenvalue weighted by Crippen LogP contribution is -2.08. The molecule has 0 spiro atoms. The van der Waals surface area contributed by atoms with E-state index >= 15 is 0 Å². The second-order valence-electron chi connectivity index (χ2n) is 7.19. The molecule has 6 heteroatoms. The number of hydrogen-bond acceptors (Lipinski definition) is 6. The van der Waals surface area contributed by atoms with Crippen LogP contribution in [0.1, 0.15) is 48.8 Å². The average molecular weight is 397 g/mol. The Morgan fingerprint density at radius 2 is 1.90 bits per heavy atom. The van der Waals surface area contributed by atoms with E-state index in [4.69, 9.17) is 0 Å². The minimum atomic E-state index is 0.00927. The fourth-order valence-corrected chi connectivity index (χ4v) is 3.36. The summed E-state index contributed by atoms with van der Waals surface area (Å²) in [5.41, 5.74) is 3.93. The molecular formula is C24H23N5O. The summed E-state index contributed by atoms with van der Waals surface area (Å²) >= 11 is 0. The molecule has 4 rings (SSSR count). The van der Waals surface area contributed by atoms with Crippen molar-refractivity contribution < 1.29 is 4.79 Å². The summed E-state index contributed by atoms with van der Waals surface area (Å²) in [5, 5.41) is 4.38. The van der Waals surface area contributed by atoms with Crippen LogP contribution in [-0.2, 0) is 0 Å². The van der Waals surface area contributed by atoms with Crippen molar-refractivity contribution in [1.82, 2.24) is 19.9 Å². The van der Waals surface area contributed by atoms with Crippen LogP contribution in [0, 0.1) is 0 Å². The van der Waals surface area contributed by atoms with Crippen molar-refractivity contribution in [2.75, 3.05) is 5.32 Å². The average Bonchev–Trinajstić information content (AvgIpc) is 2.80. The Labute approximate surface area is 175 Å². The number of nitrogens with one attached hydrogen (secondary N) is 1. The van der Waals surface area contributed by atoms with Gasteiger partial charge in [0.25, 0.3) is 0 Å². The molecule has 2 aromatic heterocycles. The molecule has 0 bridgehead atoms. The van der Waals surface area contributed by atoms with Gasteiger partial charge in [-0.2, -0.15) is 0 Å². The SMILES string of the molecule is CCCC(=O)c1cncc(-c2ccc3ncnc(N[C@H](C)c4ccccc4)c3c2)n1. The molecule has 0 fully saturated rings. The number of nitrogens with zero attached hydrogens (tertiary/aromatic N) is 4. The molecule has 0 saturated heterocycles. The van der Waals surface area contributed by atoms with E-state index < -0.39 is 0 Å². The lowest BCUT2D eigenvalue weighted by Gasteiger charge is -2.16. The molecule has 1 N–H and O–H groups in total. The topological polar surface area (TPSA) is 80.7 Å². The Morgan fingerprint density at radius 3 is 2.70 bits per heavy atom. The van der Waals surface area contributed by atoms with Gasteiger partial charge in [-0.25, -0.2) is 15.0 Å². The van der Waals surface area contributed by atoms with Crippen LogP contribution in [0.25, 0.3) is 22.2 Å². The van der Waals surface area contributed by atoms with E-state index in [1.54, 1.807) is 12.5 Å². The number of fused-ring (bicyclic) bond motifs is 1. The molecule has 2 heterocycles. The van der Waals surface area contributed by atoms with Crippen LogP contribution < -0.4 is 5.32 Å². The van der Waals surface area contributed by atoms with Crippen molar-refractivity contribution in [3.05, 3.63) is 78.5 Å². The molecule has 0 unspecified atom stereocenters. The molecule has 0 aliphatic heterocycles. The Bertz CT molecular complexity index is 1180. The number of aromatic nitrogens is 4. The number of carbonyl (C=O) groups is 1. The summed E-state index contributed by atoms with van der Waals surface area (Å²) in [7, 11) is 0. The third-order valence-corrected chi connectivity index (χ3v) is 4.98. The second kappa shape index (κ2) is 8.78. The van der Waals surface area contributed by atoms with E-state index in [0.29, 0.717) is 17.8 Å². The van der Waals surface area contributed by atoms with Gasteiger partial charge in [0.1, 0.15) is 17.8 Å². The minimum Gasteiger partial charge on any atom is -0.363 e. The van der Waals surface area contributed by atoms with Crippen molar-refractivity contribution in [1.29, 1.82) is 0 Å². The van der Waals surface area contributed by atoms with E-state index in [2.05, 4.69) is 44.3 Å². The maximum Gasteiger partial charge on any atom is 0.182 e. The number of anilines is 1. The summed E-state index contributed by atoms with van der Waals surface area (Å²) in [5.74, 6) is 0.763. The first kappa shape index (κ1) is 19.6. The Kier molecular flexibility index (Phi) is 5.75. The van der Waals surface area contributed by atoms with Crippen molar-refractivity contribution in [2.45, 2.75) is 32.7 Å². The third-order valence-electron chi connectivity index (χ3n) is 4.98. The van der Waals surface area contributed by atoms with Crippen LogP contribution in [0.15, 0.2) is 67.3 Å². The number of benzene rings is 2. The maximum absolute atomic E-state index is 12.2. The van der Waals surface area contributed by atoms with Gasteiger partial charge in [0.05, 0.1) is 23.6 Å². The number of Topliss-reactive ketones (excluding diaryl/α,β-unsaturated/α-hetero) is 1. The van der Waals surface area contributed by atoms with Crippen molar-refractivity contribution >= 4 is 22.5 Å². The van der Waals surface area contributed by atoms with Gasteiger partial charge in [0.15, 0.2) is 5.78 Å². The monoisotopic (exact) mass is 397 g/mol. The molecule has 0 saturated carbocycles. The standard InChI is InChI=1S/C24H23N5O/c1-3-7-23(30)22-14-25-13-21(29-22)18-10-11-20-19(12-18)24(27-15-26-20)28-16(2)17-8-5-4-6-9-17/h4-6,8-16H,3,7H2,1-2H3,(H,26,27,28)/t16-/m1/s1. The summed E-state index contributed by atoms with van der Waals surface area (Å²) < 4.78 is 0. The molecule has 6 nitrogen and oxygen atoms in total. The predicted molar refractivity (Wildman–Crippen MR) is 118 cm³/mol. The molecule has 4 aromatic rings. The molecular weight excluding hydrogens is 374 g/mol. The quantitative estimate of drug-likeness (QED) is 0.429.